The van der Waals surface area contributed by atoms with Gasteiger partial charge in [0.15, 0.2) is 0 Å². The van der Waals surface area contributed by atoms with E-state index in [1.807, 2.05) is 0 Å². The van der Waals surface area contributed by atoms with Crippen LogP contribution in [0.15, 0.2) is 18.2 Å². The van der Waals surface area contributed by atoms with Gasteiger partial charge in [0.2, 0.25) is 0 Å². The maximum Gasteiger partial charge on any atom is 0.337 e. The highest BCUT2D eigenvalue weighted by molar-refractivity contribution is 6.31. The summed E-state index contributed by atoms with van der Waals surface area (Å²) < 4.78 is 5.29. The fraction of sp³-hybridized carbons (Fsp3) is 0.500. The molecule has 1 aromatic carbocycles. The van der Waals surface area contributed by atoms with E-state index in [-0.39, 0.29) is 5.56 Å². The SMILES string of the molecule is O=C(O)c1ccc(Cl)cc1NCCCN1CCOCC1. The number of carbonyl (C=O) groups is 1. The summed E-state index contributed by atoms with van der Waals surface area (Å²) in [6, 6.07) is 4.76. The molecular formula is C14H19ClN2O3. The lowest BCUT2D eigenvalue weighted by atomic mass is 10.1. The van der Waals surface area contributed by atoms with Crippen LogP contribution < -0.4 is 5.32 Å². The summed E-state index contributed by atoms with van der Waals surface area (Å²) in [6.45, 7) is 5.24. The summed E-state index contributed by atoms with van der Waals surface area (Å²) in [6.07, 6.45) is 0.950. The number of benzene rings is 1. The third-order valence-electron chi connectivity index (χ3n) is 3.28. The molecule has 0 spiro atoms. The standard InChI is InChI=1S/C14H19ClN2O3/c15-11-2-3-12(14(18)19)13(10-11)16-4-1-5-17-6-8-20-9-7-17/h2-3,10,16H,1,4-9H2,(H,18,19). The van der Waals surface area contributed by atoms with Crippen molar-refractivity contribution >= 4 is 23.3 Å². The largest absolute Gasteiger partial charge is 0.478 e. The number of halogens is 1. The van der Waals surface area contributed by atoms with Crippen LogP contribution in [-0.4, -0.2) is 55.4 Å². The van der Waals surface area contributed by atoms with Crippen molar-refractivity contribution in [2.75, 3.05) is 44.7 Å². The molecule has 0 aliphatic carbocycles. The topological polar surface area (TPSA) is 61.8 Å². The Morgan fingerprint density at radius 2 is 2.15 bits per heavy atom. The second kappa shape index (κ2) is 7.47. The highest BCUT2D eigenvalue weighted by Crippen LogP contribution is 2.21. The lowest BCUT2D eigenvalue weighted by molar-refractivity contribution is 0.0378. The van der Waals surface area contributed by atoms with E-state index in [4.69, 9.17) is 21.4 Å². The van der Waals surface area contributed by atoms with Crippen LogP contribution in [0.3, 0.4) is 0 Å². The summed E-state index contributed by atoms with van der Waals surface area (Å²) in [4.78, 5) is 13.5. The molecule has 1 aliphatic rings. The zero-order valence-electron chi connectivity index (χ0n) is 11.3. The molecule has 2 N–H and O–H groups in total. The molecule has 1 saturated heterocycles. The fourth-order valence-electron chi connectivity index (χ4n) is 2.20. The number of carboxylic acid groups (broad SMARTS) is 1. The lowest BCUT2D eigenvalue weighted by Gasteiger charge is -2.26. The number of rotatable bonds is 6. The van der Waals surface area contributed by atoms with E-state index >= 15 is 0 Å². The van der Waals surface area contributed by atoms with E-state index < -0.39 is 5.97 Å². The van der Waals surface area contributed by atoms with E-state index in [0.717, 1.165) is 45.8 Å². The summed E-state index contributed by atoms with van der Waals surface area (Å²) in [5.74, 6) is -0.947. The highest BCUT2D eigenvalue weighted by atomic mass is 35.5. The molecule has 1 aromatic rings. The van der Waals surface area contributed by atoms with Gasteiger partial charge in [-0.25, -0.2) is 4.79 Å². The molecule has 0 aromatic heterocycles. The third kappa shape index (κ3) is 4.37. The van der Waals surface area contributed by atoms with Gasteiger partial charge in [0.25, 0.3) is 0 Å². The minimum Gasteiger partial charge on any atom is -0.478 e. The Bertz CT molecular complexity index is 462. The average Bonchev–Trinajstić information content (AvgIpc) is 2.44. The van der Waals surface area contributed by atoms with Gasteiger partial charge in [-0.1, -0.05) is 11.6 Å². The summed E-state index contributed by atoms with van der Waals surface area (Å²) >= 11 is 5.90. The molecule has 2 rings (SSSR count). The number of hydrogen-bond donors (Lipinski definition) is 2. The molecule has 0 atom stereocenters. The maximum atomic E-state index is 11.1. The van der Waals surface area contributed by atoms with Crippen LogP contribution in [0.25, 0.3) is 0 Å². The molecule has 6 heteroatoms. The second-order valence-electron chi connectivity index (χ2n) is 4.73. The number of carboxylic acids is 1. The quantitative estimate of drug-likeness (QED) is 0.788. The van der Waals surface area contributed by atoms with Crippen molar-refractivity contribution in [3.8, 4) is 0 Å². The van der Waals surface area contributed by atoms with Crippen LogP contribution in [0.5, 0.6) is 0 Å². The molecule has 5 nitrogen and oxygen atoms in total. The van der Waals surface area contributed by atoms with Crippen molar-refractivity contribution in [1.82, 2.24) is 4.90 Å². The lowest BCUT2D eigenvalue weighted by Crippen LogP contribution is -2.37. The van der Waals surface area contributed by atoms with Crippen molar-refractivity contribution in [1.29, 1.82) is 0 Å². The van der Waals surface area contributed by atoms with Crippen molar-refractivity contribution in [3.05, 3.63) is 28.8 Å². The van der Waals surface area contributed by atoms with E-state index in [1.54, 1.807) is 12.1 Å². The van der Waals surface area contributed by atoms with Gasteiger partial charge in [0.05, 0.1) is 24.5 Å². The zero-order valence-corrected chi connectivity index (χ0v) is 12.0. The highest BCUT2D eigenvalue weighted by Gasteiger charge is 2.11. The molecule has 20 heavy (non-hydrogen) atoms. The maximum absolute atomic E-state index is 11.1. The predicted octanol–water partition coefficient (Wildman–Crippen LogP) is 2.17. The second-order valence-corrected chi connectivity index (χ2v) is 5.17. The normalized spacial score (nSPS) is 16.1. The summed E-state index contributed by atoms with van der Waals surface area (Å²) in [7, 11) is 0. The Labute approximate surface area is 123 Å². The Morgan fingerprint density at radius 3 is 2.85 bits per heavy atom. The van der Waals surface area contributed by atoms with Gasteiger partial charge in [-0.3, -0.25) is 4.90 Å². The van der Waals surface area contributed by atoms with Crippen molar-refractivity contribution in [2.24, 2.45) is 0 Å². The molecule has 0 amide bonds. The van der Waals surface area contributed by atoms with Gasteiger partial charge in [0.1, 0.15) is 0 Å². The van der Waals surface area contributed by atoms with E-state index in [2.05, 4.69) is 10.2 Å². The van der Waals surface area contributed by atoms with Gasteiger partial charge < -0.3 is 15.2 Å². The zero-order chi connectivity index (χ0) is 14.4. The fourth-order valence-corrected chi connectivity index (χ4v) is 2.37. The minimum atomic E-state index is -0.947. The first-order chi connectivity index (χ1) is 9.66. The number of nitrogens with one attached hydrogen (secondary N) is 1. The Hall–Kier alpha value is -1.30. The first-order valence-electron chi connectivity index (χ1n) is 6.73. The monoisotopic (exact) mass is 298 g/mol. The molecule has 1 fully saturated rings. The molecule has 110 valence electrons. The van der Waals surface area contributed by atoms with Crippen molar-refractivity contribution < 1.29 is 14.6 Å². The van der Waals surface area contributed by atoms with E-state index in [9.17, 15) is 4.79 Å². The number of aromatic carboxylic acids is 1. The van der Waals surface area contributed by atoms with Crippen LogP contribution in [0.4, 0.5) is 5.69 Å². The van der Waals surface area contributed by atoms with Crippen LogP contribution in [-0.2, 0) is 4.74 Å². The summed E-state index contributed by atoms with van der Waals surface area (Å²) in [5, 5.41) is 12.8. The molecule has 1 aliphatic heterocycles. The van der Waals surface area contributed by atoms with Crippen molar-refractivity contribution in [2.45, 2.75) is 6.42 Å². The third-order valence-corrected chi connectivity index (χ3v) is 3.52. The predicted molar refractivity (Wildman–Crippen MR) is 78.8 cm³/mol. The van der Waals surface area contributed by atoms with Crippen LogP contribution in [0.1, 0.15) is 16.8 Å². The minimum absolute atomic E-state index is 0.251. The molecular weight excluding hydrogens is 280 g/mol. The molecule has 0 radical (unpaired) electrons. The first kappa shape index (κ1) is 15.1. The molecule has 1 heterocycles. The van der Waals surface area contributed by atoms with Crippen LogP contribution >= 0.6 is 11.6 Å². The Kier molecular flexibility index (Phi) is 5.64. The van der Waals surface area contributed by atoms with Gasteiger partial charge >= 0.3 is 5.97 Å². The first-order valence-corrected chi connectivity index (χ1v) is 7.11. The number of nitrogens with zero attached hydrogens (tertiary/aromatic N) is 1. The number of hydrogen-bond acceptors (Lipinski definition) is 4. The van der Waals surface area contributed by atoms with Gasteiger partial charge in [-0.15, -0.1) is 0 Å². The van der Waals surface area contributed by atoms with Gasteiger partial charge in [-0.2, -0.15) is 0 Å². The number of morpholine rings is 1. The van der Waals surface area contributed by atoms with Crippen LogP contribution in [0, 0.1) is 0 Å². The Balaban J connectivity index is 1.81. The van der Waals surface area contributed by atoms with Gasteiger partial charge in [-0.05, 0) is 31.2 Å². The van der Waals surface area contributed by atoms with E-state index in [0.29, 0.717) is 10.7 Å². The smallest absolute Gasteiger partial charge is 0.337 e. The molecule has 0 bridgehead atoms. The van der Waals surface area contributed by atoms with E-state index in [1.165, 1.54) is 6.07 Å². The Morgan fingerprint density at radius 1 is 1.40 bits per heavy atom. The van der Waals surface area contributed by atoms with Crippen LogP contribution in [0.2, 0.25) is 5.02 Å². The number of ether oxygens (including phenoxy) is 1. The average molecular weight is 299 g/mol. The molecule has 0 saturated carbocycles. The van der Waals surface area contributed by atoms with Crippen molar-refractivity contribution in [3.63, 3.8) is 0 Å². The number of anilines is 1. The summed E-state index contributed by atoms with van der Waals surface area (Å²) in [5.41, 5.74) is 0.827. The van der Waals surface area contributed by atoms with Gasteiger partial charge in [0, 0.05) is 24.7 Å². The molecule has 0 unspecified atom stereocenters.